The summed E-state index contributed by atoms with van der Waals surface area (Å²) in [5, 5.41) is 4.35. The summed E-state index contributed by atoms with van der Waals surface area (Å²) in [4.78, 5) is 24.7. The van der Waals surface area contributed by atoms with E-state index in [0.717, 1.165) is 17.9 Å². The molecule has 1 aliphatic rings. The van der Waals surface area contributed by atoms with Crippen LogP contribution in [0.15, 0.2) is 70.8 Å². The molecule has 178 valence electrons. The highest BCUT2D eigenvalue weighted by molar-refractivity contribution is 7.99. The maximum atomic E-state index is 12.5. The molecule has 1 aliphatic heterocycles. The largest absolute Gasteiger partial charge is 0.437 e. The number of aromatic nitrogens is 2. The van der Waals surface area contributed by atoms with Crippen molar-refractivity contribution in [3.63, 3.8) is 0 Å². The standard InChI is InChI=1S/C26H29ClN4O2S/c1-19-5-2-3-17-31(19)18-4-14-28-24(32)20-6-10-22(11-7-20)33-25-26(30-16-15-29-25)34-23-12-8-21(27)9-13-23/h6-13,15-16,19H,2-5,14,17-18H2,1H3,(H,28,32). The van der Waals surface area contributed by atoms with Gasteiger partial charge in [-0.2, -0.15) is 0 Å². The molecule has 2 aromatic carbocycles. The molecule has 4 rings (SSSR count). The number of rotatable bonds is 9. The predicted octanol–water partition coefficient (Wildman–Crippen LogP) is 6.07. The predicted molar refractivity (Wildman–Crippen MR) is 136 cm³/mol. The van der Waals surface area contributed by atoms with Crippen molar-refractivity contribution in [2.24, 2.45) is 0 Å². The van der Waals surface area contributed by atoms with Crippen LogP contribution in [0.4, 0.5) is 0 Å². The van der Waals surface area contributed by atoms with Crippen LogP contribution in [0.5, 0.6) is 11.6 Å². The Bertz CT molecular complexity index is 1080. The third-order valence-corrected chi connectivity index (χ3v) is 7.07. The molecule has 0 aliphatic carbocycles. The van der Waals surface area contributed by atoms with Gasteiger partial charge < -0.3 is 15.0 Å². The van der Waals surface area contributed by atoms with Crippen molar-refractivity contribution in [1.29, 1.82) is 0 Å². The normalized spacial score (nSPS) is 16.2. The van der Waals surface area contributed by atoms with Gasteiger partial charge in [-0.05, 0) is 81.3 Å². The van der Waals surface area contributed by atoms with E-state index in [1.165, 1.54) is 37.6 Å². The molecule has 1 atom stereocenters. The van der Waals surface area contributed by atoms with Gasteiger partial charge in [0.2, 0.25) is 0 Å². The molecule has 1 amide bonds. The van der Waals surface area contributed by atoms with Gasteiger partial charge in [-0.1, -0.05) is 29.8 Å². The summed E-state index contributed by atoms with van der Waals surface area (Å²) in [6.45, 7) is 5.16. The second-order valence-corrected chi connectivity index (χ2v) is 9.84. The first-order valence-electron chi connectivity index (χ1n) is 11.6. The fourth-order valence-electron chi connectivity index (χ4n) is 3.93. The summed E-state index contributed by atoms with van der Waals surface area (Å²) < 4.78 is 5.96. The summed E-state index contributed by atoms with van der Waals surface area (Å²) in [6, 6.07) is 15.2. The van der Waals surface area contributed by atoms with Crippen molar-refractivity contribution in [1.82, 2.24) is 20.2 Å². The zero-order valence-corrected chi connectivity index (χ0v) is 20.8. The molecule has 0 radical (unpaired) electrons. The van der Waals surface area contributed by atoms with Crippen LogP contribution >= 0.6 is 23.4 Å². The van der Waals surface area contributed by atoms with E-state index in [2.05, 4.69) is 27.1 Å². The van der Waals surface area contributed by atoms with Crippen LogP contribution in [0, 0.1) is 0 Å². The van der Waals surface area contributed by atoms with E-state index in [0.29, 0.717) is 39.8 Å². The first-order chi connectivity index (χ1) is 16.6. The Morgan fingerprint density at radius 1 is 1.12 bits per heavy atom. The van der Waals surface area contributed by atoms with Gasteiger partial charge in [-0.25, -0.2) is 9.97 Å². The van der Waals surface area contributed by atoms with Crippen molar-refractivity contribution < 1.29 is 9.53 Å². The molecule has 6 nitrogen and oxygen atoms in total. The third-order valence-electron chi connectivity index (χ3n) is 5.84. The minimum atomic E-state index is -0.0725. The number of benzene rings is 2. The average molecular weight is 497 g/mol. The second kappa shape index (κ2) is 12.2. The number of amides is 1. The lowest BCUT2D eigenvalue weighted by Crippen LogP contribution is -2.39. The van der Waals surface area contributed by atoms with Gasteiger partial charge in [0.05, 0.1) is 0 Å². The van der Waals surface area contributed by atoms with Gasteiger partial charge >= 0.3 is 0 Å². The fraction of sp³-hybridized carbons (Fsp3) is 0.346. The Balaban J connectivity index is 1.29. The topological polar surface area (TPSA) is 67.4 Å². The van der Waals surface area contributed by atoms with Crippen molar-refractivity contribution in [2.45, 2.75) is 48.6 Å². The van der Waals surface area contributed by atoms with Gasteiger partial charge in [0.25, 0.3) is 11.8 Å². The van der Waals surface area contributed by atoms with Gasteiger partial charge in [0, 0.05) is 47.0 Å². The van der Waals surface area contributed by atoms with Crippen LogP contribution in [-0.4, -0.2) is 46.5 Å². The summed E-state index contributed by atoms with van der Waals surface area (Å²) in [5.41, 5.74) is 0.605. The van der Waals surface area contributed by atoms with Gasteiger partial charge in [-0.15, -0.1) is 0 Å². The molecule has 34 heavy (non-hydrogen) atoms. The maximum absolute atomic E-state index is 12.5. The second-order valence-electron chi connectivity index (χ2n) is 8.34. The third kappa shape index (κ3) is 6.95. The first kappa shape index (κ1) is 24.5. The molecule has 0 bridgehead atoms. The molecule has 8 heteroatoms. The van der Waals surface area contributed by atoms with E-state index in [1.807, 2.05) is 24.3 Å². The minimum Gasteiger partial charge on any atom is -0.437 e. The number of hydrogen-bond donors (Lipinski definition) is 1. The van der Waals surface area contributed by atoms with E-state index >= 15 is 0 Å². The smallest absolute Gasteiger partial charge is 0.252 e. The lowest BCUT2D eigenvalue weighted by Gasteiger charge is -2.33. The number of hydrogen-bond acceptors (Lipinski definition) is 6. The number of likely N-dealkylation sites (tertiary alicyclic amines) is 1. The lowest BCUT2D eigenvalue weighted by atomic mass is 10.0. The van der Waals surface area contributed by atoms with Crippen molar-refractivity contribution in [3.05, 3.63) is 71.5 Å². The number of ether oxygens (including phenoxy) is 1. The van der Waals surface area contributed by atoms with Crippen molar-refractivity contribution >= 4 is 29.3 Å². The number of piperidine rings is 1. The van der Waals surface area contributed by atoms with Crippen LogP contribution in [0.2, 0.25) is 5.02 Å². The zero-order valence-electron chi connectivity index (χ0n) is 19.2. The Hall–Kier alpha value is -2.61. The maximum Gasteiger partial charge on any atom is 0.252 e. The van der Waals surface area contributed by atoms with Gasteiger partial charge in [0.15, 0.2) is 5.03 Å². The van der Waals surface area contributed by atoms with E-state index < -0.39 is 0 Å². The molecular weight excluding hydrogens is 468 g/mol. The molecule has 0 spiro atoms. The van der Waals surface area contributed by atoms with E-state index in [4.69, 9.17) is 16.3 Å². The molecule has 1 saturated heterocycles. The summed E-state index contributed by atoms with van der Waals surface area (Å²) in [7, 11) is 0. The van der Waals surface area contributed by atoms with Crippen LogP contribution in [-0.2, 0) is 0 Å². The molecule has 1 fully saturated rings. The molecule has 1 unspecified atom stereocenters. The minimum absolute atomic E-state index is 0.0725. The Kier molecular flexibility index (Phi) is 8.79. The number of nitrogens with zero attached hydrogens (tertiary/aromatic N) is 3. The molecule has 1 aromatic heterocycles. The average Bonchev–Trinajstić information content (AvgIpc) is 2.86. The monoisotopic (exact) mass is 496 g/mol. The van der Waals surface area contributed by atoms with Crippen LogP contribution < -0.4 is 10.1 Å². The highest BCUT2D eigenvalue weighted by Gasteiger charge is 2.17. The van der Waals surface area contributed by atoms with Crippen LogP contribution in [0.25, 0.3) is 0 Å². The van der Waals surface area contributed by atoms with Crippen LogP contribution in [0.1, 0.15) is 43.0 Å². The SMILES string of the molecule is CC1CCCCN1CCCNC(=O)c1ccc(Oc2nccnc2Sc2ccc(Cl)cc2)cc1. The van der Waals surface area contributed by atoms with E-state index in [1.54, 1.807) is 36.7 Å². The highest BCUT2D eigenvalue weighted by Crippen LogP contribution is 2.34. The Labute approximate surface area is 210 Å². The summed E-state index contributed by atoms with van der Waals surface area (Å²) in [5.74, 6) is 0.928. The van der Waals surface area contributed by atoms with Gasteiger partial charge in [0.1, 0.15) is 5.75 Å². The van der Waals surface area contributed by atoms with E-state index in [9.17, 15) is 4.79 Å². The molecule has 3 aromatic rings. The van der Waals surface area contributed by atoms with Crippen LogP contribution in [0.3, 0.4) is 0 Å². The summed E-state index contributed by atoms with van der Waals surface area (Å²) in [6.07, 6.45) is 8.06. The number of halogens is 1. The Morgan fingerprint density at radius 2 is 1.88 bits per heavy atom. The molecule has 0 saturated carbocycles. The number of nitrogens with one attached hydrogen (secondary N) is 1. The summed E-state index contributed by atoms with van der Waals surface area (Å²) >= 11 is 7.42. The highest BCUT2D eigenvalue weighted by atomic mass is 35.5. The van der Waals surface area contributed by atoms with Crippen molar-refractivity contribution in [2.75, 3.05) is 19.6 Å². The fourth-order valence-corrected chi connectivity index (χ4v) is 4.85. The molecule has 2 heterocycles. The first-order valence-corrected chi connectivity index (χ1v) is 12.8. The number of carbonyl (C=O) groups excluding carboxylic acids is 1. The van der Waals surface area contributed by atoms with E-state index in [-0.39, 0.29) is 5.91 Å². The van der Waals surface area contributed by atoms with Crippen molar-refractivity contribution in [3.8, 4) is 11.6 Å². The number of carbonyl (C=O) groups is 1. The molecular formula is C26H29ClN4O2S. The van der Waals surface area contributed by atoms with Gasteiger partial charge in [-0.3, -0.25) is 4.79 Å². The molecule has 1 N–H and O–H groups in total. The zero-order chi connectivity index (χ0) is 23.8. The quantitative estimate of drug-likeness (QED) is 0.363. The lowest BCUT2D eigenvalue weighted by molar-refractivity contribution is 0.0949. The Morgan fingerprint density at radius 3 is 2.65 bits per heavy atom.